The van der Waals surface area contributed by atoms with Crippen molar-refractivity contribution < 1.29 is 0 Å². The van der Waals surface area contributed by atoms with E-state index in [4.69, 9.17) is 0 Å². The molecule has 0 aliphatic heterocycles. The highest BCUT2D eigenvalue weighted by atomic mass is 127. The molecule has 0 bridgehead atoms. The van der Waals surface area contributed by atoms with Gasteiger partial charge in [-0.15, -0.1) is 0 Å². The van der Waals surface area contributed by atoms with E-state index in [-0.39, 0.29) is 6.04 Å². The molecule has 1 atom stereocenters. The molecular formula is C18H19BrIN. The van der Waals surface area contributed by atoms with Gasteiger partial charge >= 0.3 is 0 Å². The number of benzene rings is 2. The summed E-state index contributed by atoms with van der Waals surface area (Å²) in [5.41, 5.74) is 5.75. The van der Waals surface area contributed by atoms with Gasteiger partial charge in [0.1, 0.15) is 0 Å². The maximum Gasteiger partial charge on any atom is 0.0585 e. The molecule has 0 aromatic heterocycles. The minimum Gasteiger partial charge on any atom is -0.309 e. The number of fused-ring (bicyclic) bond motifs is 1. The molecule has 0 saturated heterocycles. The molecule has 1 aliphatic carbocycles. The third kappa shape index (κ3) is 3.35. The number of hydrogen-bond donors (Lipinski definition) is 1. The van der Waals surface area contributed by atoms with E-state index in [1.807, 2.05) is 7.05 Å². The molecule has 1 unspecified atom stereocenters. The molecule has 3 rings (SSSR count). The molecule has 3 heteroatoms. The summed E-state index contributed by atoms with van der Waals surface area (Å²) < 4.78 is 2.43. The fourth-order valence-electron chi connectivity index (χ4n) is 3.17. The summed E-state index contributed by atoms with van der Waals surface area (Å²) >= 11 is 6.08. The summed E-state index contributed by atoms with van der Waals surface area (Å²) in [6.45, 7) is 0. The SMILES string of the molecule is CNC(c1ccc2c(c1)CCCC2)c1cc(I)ccc1Br. The summed E-state index contributed by atoms with van der Waals surface area (Å²) in [4.78, 5) is 0. The lowest BCUT2D eigenvalue weighted by Gasteiger charge is -2.22. The average Bonchev–Trinajstić information content (AvgIpc) is 2.51. The van der Waals surface area contributed by atoms with Crippen molar-refractivity contribution in [3.05, 3.63) is 66.7 Å². The van der Waals surface area contributed by atoms with Gasteiger partial charge in [0.15, 0.2) is 0 Å². The fourth-order valence-corrected chi connectivity index (χ4v) is 4.16. The Morgan fingerprint density at radius 3 is 2.57 bits per heavy atom. The van der Waals surface area contributed by atoms with Crippen LogP contribution in [0, 0.1) is 3.57 Å². The molecule has 0 fully saturated rings. The van der Waals surface area contributed by atoms with Gasteiger partial charge < -0.3 is 5.32 Å². The van der Waals surface area contributed by atoms with Crippen molar-refractivity contribution in [1.82, 2.24) is 5.32 Å². The third-order valence-corrected chi connectivity index (χ3v) is 5.66. The van der Waals surface area contributed by atoms with E-state index in [1.165, 1.54) is 44.9 Å². The Hall–Kier alpha value is -0.390. The molecule has 2 aromatic rings. The highest BCUT2D eigenvalue weighted by molar-refractivity contribution is 14.1. The summed E-state index contributed by atoms with van der Waals surface area (Å²) in [6, 6.07) is 13.8. The molecule has 0 radical (unpaired) electrons. The normalized spacial score (nSPS) is 15.6. The Morgan fingerprint density at radius 1 is 1.05 bits per heavy atom. The Balaban J connectivity index is 2.01. The number of rotatable bonds is 3. The predicted octanol–water partition coefficient (Wildman–Crippen LogP) is 5.24. The van der Waals surface area contributed by atoms with Crippen molar-refractivity contribution >= 4 is 38.5 Å². The van der Waals surface area contributed by atoms with E-state index in [1.54, 1.807) is 11.1 Å². The van der Waals surface area contributed by atoms with Crippen LogP contribution in [0.5, 0.6) is 0 Å². The van der Waals surface area contributed by atoms with Crippen molar-refractivity contribution in [1.29, 1.82) is 0 Å². The van der Waals surface area contributed by atoms with Gasteiger partial charge in [-0.1, -0.05) is 34.1 Å². The third-order valence-electron chi connectivity index (χ3n) is 4.26. The highest BCUT2D eigenvalue weighted by Crippen LogP contribution is 2.32. The molecule has 110 valence electrons. The number of halogens is 2. The molecule has 2 aromatic carbocycles. The van der Waals surface area contributed by atoms with Crippen molar-refractivity contribution in [3.63, 3.8) is 0 Å². The number of hydrogen-bond acceptors (Lipinski definition) is 1. The molecule has 21 heavy (non-hydrogen) atoms. The predicted molar refractivity (Wildman–Crippen MR) is 101 cm³/mol. The summed E-state index contributed by atoms with van der Waals surface area (Å²) in [7, 11) is 2.04. The van der Waals surface area contributed by atoms with E-state index in [9.17, 15) is 0 Å². The van der Waals surface area contributed by atoms with Gasteiger partial charge in [-0.25, -0.2) is 0 Å². The standard InChI is InChI=1S/C18H19BrIN/c1-21-18(16-11-15(20)8-9-17(16)19)14-7-6-12-4-2-3-5-13(12)10-14/h6-11,18,21H,2-5H2,1H3. The maximum atomic E-state index is 3.70. The van der Waals surface area contributed by atoms with Gasteiger partial charge in [-0.3, -0.25) is 0 Å². The molecule has 0 spiro atoms. The lowest BCUT2D eigenvalue weighted by Crippen LogP contribution is -2.19. The Bertz CT molecular complexity index is 654. The van der Waals surface area contributed by atoms with Crippen molar-refractivity contribution in [3.8, 4) is 0 Å². The smallest absolute Gasteiger partial charge is 0.0585 e. The minimum absolute atomic E-state index is 0.237. The molecule has 0 amide bonds. The first-order chi connectivity index (χ1) is 10.2. The van der Waals surface area contributed by atoms with Crippen LogP contribution in [-0.2, 0) is 12.8 Å². The van der Waals surface area contributed by atoms with Crippen LogP contribution in [0.25, 0.3) is 0 Å². The van der Waals surface area contributed by atoms with Crippen LogP contribution in [-0.4, -0.2) is 7.05 Å². The van der Waals surface area contributed by atoms with E-state index in [0.29, 0.717) is 0 Å². The molecular weight excluding hydrogens is 437 g/mol. The van der Waals surface area contributed by atoms with Crippen LogP contribution in [0.2, 0.25) is 0 Å². The van der Waals surface area contributed by atoms with Crippen molar-refractivity contribution in [2.45, 2.75) is 31.7 Å². The fraction of sp³-hybridized carbons (Fsp3) is 0.333. The minimum atomic E-state index is 0.237. The second-order valence-corrected chi connectivity index (χ2v) is 7.72. The van der Waals surface area contributed by atoms with Gasteiger partial charge in [0.05, 0.1) is 6.04 Å². The van der Waals surface area contributed by atoms with Crippen LogP contribution in [0.4, 0.5) is 0 Å². The molecule has 1 nitrogen and oxygen atoms in total. The number of aryl methyl sites for hydroxylation is 2. The van der Waals surface area contributed by atoms with E-state index in [0.717, 1.165) is 0 Å². The zero-order valence-corrected chi connectivity index (χ0v) is 15.9. The van der Waals surface area contributed by atoms with E-state index >= 15 is 0 Å². The zero-order chi connectivity index (χ0) is 14.8. The monoisotopic (exact) mass is 455 g/mol. The van der Waals surface area contributed by atoms with Crippen molar-refractivity contribution in [2.75, 3.05) is 7.05 Å². The van der Waals surface area contributed by atoms with Crippen LogP contribution >= 0.6 is 38.5 Å². The second kappa shape index (κ2) is 6.80. The van der Waals surface area contributed by atoms with Gasteiger partial charge in [-0.2, -0.15) is 0 Å². The first kappa shape index (κ1) is 15.5. The van der Waals surface area contributed by atoms with E-state index < -0.39 is 0 Å². The summed E-state index contributed by atoms with van der Waals surface area (Å²) in [5, 5.41) is 3.48. The Kier molecular flexibility index (Phi) is 5.02. The molecule has 1 aliphatic rings. The van der Waals surface area contributed by atoms with E-state index in [2.05, 4.69) is 80.2 Å². The zero-order valence-electron chi connectivity index (χ0n) is 12.1. The van der Waals surface area contributed by atoms with Crippen molar-refractivity contribution in [2.24, 2.45) is 0 Å². The Morgan fingerprint density at radius 2 is 1.81 bits per heavy atom. The molecule has 1 N–H and O–H groups in total. The van der Waals surface area contributed by atoms with Gasteiger partial charge in [0.2, 0.25) is 0 Å². The first-order valence-corrected chi connectivity index (χ1v) is 9.30. The second-order valence-electron chi connectivity index (χ2n) is 5.62. The summed E-state index contributed by atoms with van der Waals surface area (Å²) in [5.74, 6) is 0. The van der Waals surface area contributed by atoms with Crippen LogP contribution in [0.1, 0.15) is 41.1 Å². The number of nitrogens with one attached hydrogen (secondary N) is 1. The summed E-state index contributed by atoms with van der Waals surface area (Å²) in [6.07, 6.45) is 5.14. The largest absolute Gasteiger partial charge is 0.309 e. The Labute approximate surface area is 148 Å². The topological polar surface area (TPSA) is 12.0 Å². The van der Waals surface area contributed by atoms with Crippen LogP contribution < -0.4 is 5.32 Å². The lowest BCUT2D eigenvalue weighted by atomic mass is 9.88. The lowest BCUT2D eigenvalue weighted by molar-refractivity contribution is 0.666. The quantitative estimate of drug-likeness (QED) is 0.624. The van der Waals surface area contributed by atoms with Crippen LogP contribution in [0.3, 0.4) is 0 Å². The van der Waals surface area contributed by atoms with Crippen LogP contribution in [0.15, 0.2) is 40.9 Å². The first-order valence-electron chi connectivity index (χ1n) is 7.43. The highest BCUT2D eigenvalue weighted by Gasteiger charge is 2.18. The van der Waals surface area contributed by atoms with Gasteiger partial charge in [-0.05, 0) is 95.8 Å². The molecule has 0 heterocycles. The van der Waals surface area contributed by atoms with Gasteiger partial charge in [0, 0.05) is 8.04 Å². The average molecular weight is 456 g/mol. The maximum absolute atomic E-state index is 3.70. The van der Waals surface area contributed by atoms with Gasteiger partial charge in [0.25, 0.3) is 0 Å². The molecule has 0 saturated carbocycles.